The Hall–Kier alpha value is -2.04. The van der Waals surface area contributed by atoms with Gasteiger partial charge in [-0.15, -0.1) is 0 Å². The minimum atomic E-state index is -0.680. The van der Waals surface area contributed by atoms with Gasteiger partial charge in [0.15, 0.2) is 23.8 Å². The monoisotopic (exact) mass is 334 g/mol. The Morgan fingerprint density at radius 1 is 1.38 bits per heavy atom. The Balaban J connectivity index is 1.99. The van der Waals surface area contributed by atoms with Crippen LogP contribution in [0, 0.1) is 0 Å². The van der Waals surface area contributed by atoms with E-state index in [2.05, 4.69) is 6.92 Å². The molecule has 5 heteroatoms. The zero-order valence-corrected chi connectivity index (χ0v) is 14.9. The molecule has 0 radical (unpaired) electrons. The second-order valence-electron chi connectivity index (χ2n) is 6.26. The number of hydrogen-bond acceptors (Lipinski definition) is 5. The van der Waals surface area contributed by atoms with Gasteiger partial charge in [0.2, 0.25) is 5.78 Å². The van der Waals surface area contributed by atoms with E-state index in [-0.39, 0.29) is 11.6 Å². The molecule has 24 heavy (non-hydrogen) atoms. The van der Waals surface area contributed by atoms with Crippen molar-refractivity contribution in [3.63, 3.8) is 0 Å². The van der Waals surface area contributed by atoms with Gasteiger partial charge in [-0.05, 0) is 39.7 Å². The second-order valence-corrected chi connectivity index (χ2v) is 6.26. The number of hydrogen-bond donors (Lipinski definition) is 0. The Bertz CT molecular complexity index is 625. The number of ether oxygens (including phenoxy) is 2. The molecule has 1 aromatic rings. The van der Waals surface area contributed by atoms with E-state index in [9.17, 15) is 9.59 Å². The maximum absolute atomic E-state index is 12.6. The smallest absolute Gasteiger partial charge is 0.238 e. The molecule has 0 aromatic carbocycles. The van der Waals surface area contributed by atoms with Crippen LogP contribution in [-0.4, -0.2) is 23.8 Å². The molecule has 0 N–H and O–H groups in total. The molecule has 0 fully saturated rings. The van der Waals surface area contributed by atoms with Gasteiger partial charge in [0.1, 0.15) is 11.5 Å². The maximum Gasteiger partial charge on any atom is 0.238 e. The lowest BCUT2D eigenvalue weighted by molar-refractivity contribution is -0.124. The van der Waals surface area contributed by atoms with Crippen molar-refractivity contribution in [1.82, 2.24) is 0 Å². The first kappa shape index (κ1) is 18.3. The molecule has 0 aliphatic carbocycles. The van der Waals surface area contributed by atoms with E-state index in [0.717, 1.165) is 31.2 Å². The number of unbranched alkanes of at least 4 members (excludes halogenated alkanes) is 2. The van der Waals surface area contributed by atoms with Crippen LogP contribution in [0.2, 0.25) is 0 Å². The topological polar surface area (TPSA) is 65.7 Å². The third-order valence-corrected chi connectivity index (χ3v) is 4.24. The van der Waals surface area contributed by atoms with E-state index in [1.807, 2.05) is 6.07 Å². The van der Waals surface area contributed by atoms with Crippen molar-refractivity contribution >= 4 is 11.6 Å². The zero-order chi connectivity index (χ0) is 17.7. The molecule has 0 saturated carbocycles. The fourth-order valence-corrected chi connectivity index (χ4v) is 2.76. The molecule has 5 nitrogen and oxygen atoms in total. The van der Waals surface area contributed by atoms with Gasteiger partial charge >= 0.3 is 0 Å². The van der Waals surface area contributed by atoms with Gasteiger partial charge < -0.3 is 13.9 Å². The van der Waals surface area contributed by atoms with Gasteiger partial charge in [-0.2, -0.15) is 0 Å². The largest absolute Gasteiger partial charge is 0.483 e. The van der Waals surface area contributed by atoms with E-state index in [4.69, 9.17) is 13.9 Å². The van der Waals surface area contributed by atoms with Crippen LogP contribution >= 0.6 is 0 Å². The molecule has 132 valence electrons. The summed E-state index contributed by atoms with van der Waals surface area (Å²) in [7, 11) is 0. The van der Waals surface area contributed by atoms with Crippen molar-refractivity contribution < 1.29 is 23.5 Å². The SMILES string of the molecule is CCCCCc1ccoc1C(=O)C(C)OC1=C(C)OC(C(C)=O)C1. The molecule has 0 bridgehead atoms. The molecule has 0 saturated heterocycles. The van der Waals surface area contributed by atoms with E-state index in [0.29, 0.717) is 23.7 Å². The van der Waals surface area contributed by atoms with Crippen LogP contribution in [0.3, 0.4) is 0 Å². The van der Waals surface area contributed by atoms with E-state index in [1.165, 1.54) is 6.92 Å². The van der Waals surface area contributed by atoms with Crippen LogP contribution in [0.15, 0.2) is 28.3 Å². The quantitative estimate of drug-likeness (QED) is 0.500. The fourth-order valence-electron chi connectivity index (χ4n) is 2.76. The Kier molecular flexibility index (Phi) is 6.23. The van der Waals surface area contributed by atoms with Crippen molar-refractivity contribution in [2.75, 3.05) is 0 Å². The Morgan fingerprint density at radius 3 is 2.75 bits per heavy atom. The summed E-state index contributed by atoms with van der Waals surface area (Å²) in [6.07, 6.45) is 4.86. The minimum Gasteiger partial charge on any atom is -0.483 e. The Morgan fingerprint density at radius 2 is 2.12 bits per heavy atom. The second kappa shape index (κ2) is 8.18. The Labute approximate surface area is 143 Å². The van der Waals surface area contributed by atoms with Gasteiger partial charge in [-0.3, -0.25) is 9.59 Å². The number of carbonyl (C=O) groups excluding carboxylic acids is 2. The number of aryl methyl sites for hydroxylation is 1. The minimum absolute atomic E-state index is 0.0452. The summed E-state index contributed by atoms with van der Waals surface area (Å²) >= 11 is 0. The lowest BCUT2D eigenvalue weighted by atomic mass is 10.0. The van der Waals surface area contributed by atoms with Gasteiger partial charge in [0, 0.05) is 5.56 Å². The summed E-state index contributed by atoms with van der Waals surface area (Å²) < 4.78 is 16.6. The zero-order valence-electron chi connectivity index (χ0n) is 14.9. The third-order valence-electron chi connectivity index (χ3n) is 4.24. The number of Topliss-reactive ketones (excluding diaryl/α,β-unsaturated/α-hetero) is 2. The van der Waals surface area contributed by atoms with E-state index in [1.54, 1.807) is 20.1 Å². The summed E-state index contributed by atoms with van der Waals surface area (Å²) in [5.74, 6) is 1.28. The first-order valence-electron chi connectivity index (χ1n) is 8.58. The lowest BCUT2D eigenvalue weighted by Gasteiger charge is -2.14. The highest BCUT2D eigenvalue weighted by molar-refractivity contribution is 5.98. The molecule has 2 rings (SSSR count). The molecule has 0 amide bonds. The predicted octanol–water partition coefficient (Wildman–Crippen LogP) is 4.21. The number of rotatable bonds is 9. The standard InChI is InChI=1S/C19H26O5/c1-5-6-7-8-15-9-10-22-19(15)18(21)14(4)24-17-11-16(12(2)20)23-13(17)3/h9-10,14,16H,5-8,11H2,1-4H3. The number of ketones is 2. The molecular formula is C19H26O5. The van der Waals surface area contributed by atoms with Gasteiger partial charge in [0.25, 0.3) is 0 Å². The van der Waals surface area contributed by atoms with Crippen LogP contribution in [-0.2, 0) is 20.7 Å². The van der Waals surface area contributed by atoms with Gasteiger partial charge in [0.05, 0.1) is 12.7 Å². The molecule has 1 aromatic heterocycles. The van der Waals surface area contributed by atoms with E-state index >= 15 is 0 Å². The molecular weight excluding hydrogens is 308 g/mol. The molecule has 0 spiro atoms. The summed E-state index contributed by atoms with van der Waals surface area (Å²) in [5.41, 5.74) is 0.930. The van der Waals surface area contributed by atoms with Crippen LogP contribution in [0.25, 0.3) is 0 Å². The number of allylic oxidation sites excluding steroid dienone is 1. The van der Waals surface area contributed by atoms with Crippen molar-refractivity contribution in [2.45, 2.75) is 72.0 Å². The normalized spacial score (nSPS) is 18.4. The summed E-state index contributed by atoms with van der Waals surface area (Å²) in [6, 6.07) is 1.85. The predicted molar refractivity (Wildman–Crippen MR) is 89.7 cm³/mol. The summed E-state index contributed by atoms with van der Waals surface area (Å²) in [5, 5.41) is 0. The van der Waals surface area contributed by atoms with Crippen LogP contribution in [0.1, 0.15) is 69.5 Å². The summed E-state index contributed by atoms with van der Waals surface area (Å²) in [4.78, 5) is 24.0. The van der Waals surface area contributed by atoms with Crippen LogP contribution in [0.4, 0.5) is 0 Å². The van der Waals surface area contributed by atoms with Crippen molar-refractivity contribution in [3.8, 4) is 0 Å². The average molecular weight is 334 g/mol. The first-order valence-corrected chi connectivity index (χ1v) is 8.58. The van der Waals surface area contributed by atoms with Crippen LogP contribution < -0.4 is 0 Å². The maximum atomic E-state index is 12.6. The third kappa shape index (κ3) is 4.28. The van der Waals surface area contributed by atoms with Crippen molar-refractivity contribution in [3.05, 3.63) is 35.2 Å². The van der Waals surface area contributed by atoms with E-state index < -0.39 is 12.2 Å². The van der Waals surface area contributed by atoms with Crippen molar-refractivity contribution in [2.24, 2.45) is 0 Å². The number of carbonyl (C=O) groups is 2. The fraction of sp³-hybridized carbons (Fsp3) is 0.579. The van der Waals surface area contributed by atoms with Crippen LogP contribution in [0.5, 0.6) is 0 Å². The highest BCUT2D eigenvalue weighted by Crippen LogP contribution is 2.28. The molecule has 1 aliphatic heterocycles. The lowest BCUT2D eigenvalue weighted by Crippen LogP contribution is -2.22. The van der Waals surface area contributed by atoms with Gasteiger partial charge in [-0.1, -0.05) is 19.8 Å². The molecule has 2 unspecified atom stereocenters. The van der Waals surface area contributed by atoms with Crippen molar-refractivity contribution in [1.29, 1.82) is 0 Å². The first-order chi connectivity index (χ1) is 11.4. The summed E-state index contributed by atoms with van der Waals surface area (Å²) in [6.45, 7) is 7.08. The molecule has 2 heterocycles. The number of furan rings is 1. The van der Waals surface area contributed by atoms with Gasteiger partial charge in [-0.25, -0.2) is 0 Å². The highest BCUT2D eigenvalue weighted by atomic mass is 16.5. The highest BCUT2D eigenvalue weighted by Gasteiger charge is 2.31. The molecule has 2 atom stereocenters. The average Bonchev–Trinajstić information content (AvgIpc) is 3.14. The molecule has 1 aliphatic rings.